The van der Waals surface area contributed by atoms with E-state index in [1.54, 1.807) is 16.3 Å². The average Bonchev–Trinajstić information content (AvgIpc) is 2.92. The lowest BCUT2D eigenvalue weighted by Gasteiger charge is -2.33. The van der Waals surface area contributed by atoms with Gasteiger partial charge in [0.25, 0.3) is 5.56 Å². The fraction of sp³-hybridized carbons (Fsp3) is 0.750. The maximum absolute atomic E-state index is 13.4. The highest BCUT2D eigenvalue weighted by molar-refractivity contribution is 9.10. The summed E-state index contributed by atoms with van der Waals surface area (Å²) in [4.78, 5) is 33.1. The highest BCUT2D eigenvalue weighted by atomic mass is 79.9. The first-order valence-electron chi connectivity index (χ1n) is 12.6. The number of halogens is 1. The van der Waals surface area contributed by atoms with Gasteiger partial charge in [0.2, 0.25) is 5.95 Å². The van der Waals surface area contributed by atoms with Crippen molar-refractivity contribution < 1.29 is 14.3 Å². The van der Waals surface area contributed by atoms with Crippen molar-refractivity contribution in [1.29, 1.82) is 0 Å². The average molecular weight is 551 g/mol. The Balaban J connectivity index is 1.45. The van der Waals surface area contributed by atoms with Crippen LogP contribution in [-0.2, 0) is 16.5 Å². The van der Waals surface area contributed by atoms with Crippen LogP contribution < -0.4 is 15.8 Å². The molecule has 1 amide bonds. The van der Waals surface area contributed by atoms with Crippen molar-refractivity contribution in [2.45, 2.75) is 77.2 Å². The second kappa shape index (κ2) is 9.38. The van der Waals surface area contributed by atoms with Crippen LogP contribution in [0.25, 0.3) is 11.0 Å². The SMILES string of the molecule is Cn1c(N2C[C@@H]3CC[C@H](C2)[C@H](NC(=O)OC(C)(C)C)C3)nc2c(c(Br)nn2C2CCCCO2)c1=O. The lowest BCUT2D eigenvalue weighted by Crippen LogP contribution is -2.46. The van der Waals surface area contributed by atoms with E-state index in [1.807, 2.05) is 20.8 Å². The number of alkyl carbamates (subject to hydrolysis) is 1. The first-order chi connectivity index (χ1) is 16.6. The molecule has 1 saturated carbocycles. The molecule has 2 aromatic heterocycles. The fourth-order valence-electron chi connectivity index (χ4n) is 5.69. The third-order valence-corrected chi connectivity index (χ3v) is 7.87. The molecule has 192 valence electrons. The summed E-state index contributed by atoms with van der Waals surface area (Å²) in [5.74, 6) is 1.30. The number of nitrogens with one attached hydrogen (secondary N) is 1. The third-order valence-electron chi connectivity index (χ3n) is 7.32. The van der Waals surface area contributed by atoms with Gasteiger partial charge in [-0.3, -0.25) is 9.36 Å². The van der Waals surface area contributed by atoms with Gasteiger partial charge in [-0.05, 0) is 87.1 Å². The van der Waals surface area contributed by atoms with Gasteiger partial charge in [-0.15, -0.1) is 0 Å². The topological polar surface area (TPSA) is 104 Å². The highest BCUT2D eigenvalue weighted by Crippen LogP contribution is 2.36. The van der Waals surface area contributed by atoms with Crippen LogP contribution >= 0.6 is 15.9 Å². The van der Waals surface area contributed by atoms with Gasteiger partial charge >= 0.3 is 6.09 Å². The van der Waals surface area contributed by atoms with Crippen molar-refractivity contribution >= 4 is 39.0 Å². The summed E-state index contributed by atoms with van der Waals surface area (Å²) >= 11 is 3.48. The van der Waals surface area contributed by atoms with Crippen molar-refractivity contribution in [3.05, 3.63) is 15.0 Å². The van der Waals surface area contributed by atoms with Gasteiger partial charge in [0.15, 0.2) is 11.9 Å². The molecule has 3 aliphatic heterocycles. The molecule has 0 aromatic carbocycles. The molecule has 10 nitrogen and oxygen atoms in total. The van der Waals surface area contributed by atoms with E-state index < -0.39 is 5.60 Å². The maximum atomic E-state index is 13.4. The van der Waals surface area contributed by atoms with E-state index in [0.29, 0.717) is 34.1 Å². The van der Waals surface area contributed by atoms with Gasteiger partial charge in [-0.25, -0.2) is 9.48 Å². The molecule has 1 N–H and O–H groups in total. The summed E-state index contributed by atoms with van der Waals surface area (Å²) in [6.45, 7) is 7.82. The zero-order valence-corrected chi connectivity index (χ0v) is 22.5. The summed E-state index contributed by atoms with van der Waals surface area (Å²) in [6, 6.07) is 0.0460. The summed E-state index contributed by atoms with van der Waals surface area (Å²) in [5, 5.41) is 8.18. The van der Waals surface area contributed by atoms with Gasteiger partial charge in [0, 0.05) is 32.8 Å². The molecule has 4 aliphatic rings. The number of rotatable bonds is 3. The van der Waals surface area contributed by atoms with E-state index in [1.165, 1.54) is 0 Å². The van der Waals surface area contributed by atoms with Gasteiger partial charge < -0.3 is 19.7 Å². The smallest absolute Gasteiger partial charge is 0.407 e. The van der Waals surface area contributed by atoms with E-state index in [4.69, 9.17) is 14.5 Å². The van der Waals surface area contributed by atoms with Gasteiger partial charge in [0.05, 0.1) is 0 Å². The van der Waals surface area contributed by atoms with Crippen molar-refractivity contribution in [3.8, 4) is 0 Å². The van der Waals surface area contributed by atoms with Gasteiger partial charge in [-0.2, -0.15) is 10.1 Å². The summed E-state index contributed by atoms with van der Waals surface area (Å²) in [5.41, 5.74) is -0.0997. The van der Waals surface area contributed by atoms with Crippen LogP contribution in [0.1, 0.15) is 65.5 Å². The van der Waals surface area contributed by atoms with Crippen LogP contribution in [-0.4, -0.2) is 56.8 Å². The Kier molecular flexibility index (Phi) is 6.58. The monoisotopic (exact) mass is 550 g/mol. The normalized spacial score (nSPS) is 27.2. The fourth-order valence-corrected chi connectivity index (χ4v) is 6.21. The second-order valence-corrected chi connectivity index (χ2v) is 11.9. The van der Waals surface area contributed by atoms with Crippen molar-refractivity contribution in [2.75, 3.05) is 24.6 Å². The number of anilines is 1. The molecule has 3 saturated heterocycles. The van der Waals surface area contributed by atoms with Crippen LogP contribution in [0, 0.1) is 11.8 Å². The van der Waals surface area contributed by atoms with Crippen molar-refractivity contribution in [3.63, 3.8) is 0 Å². The Hall–Kier alpha value is -2.14. The molecule has 4 atom stereocenters. The largest absolute Gasteiger partial charge is 0.444 e. The Labute approximate surface area is 213 Å². The number of hydrogen-bond acceptors (Lipinski definition) is 7. The van der Waals surface area contributed by atoms with Crippen molar-refractivity contribution in [2.24, 2.45) is 18.9 Å². The van der Waals surface area contributed by atoms with E-state index in [2.05, 4.69) is 31.2 Å². The second-order valence-electron chi connectivity index (χ2n) is 11.1. The summed E-state index contributed by atoms with van der Waals surface area (Å²) in [6.07, 6.45) is 5.38. The number of nitrogens with zero attached hydrogens (tertiary/aromatic N) is 5. The molecule has 0 spiro atoms. The predicted octanol–water partition coefficient (Wildman–Crippen LogP) is 3.72. The van der Waals surface area contributed by atoms with E-state index >= 15 is 0 Å². The molecule has 1 unspecified atom stereocenters. The number of carbonyl (C=O) groups excluding carboxylic acids is 1. The molecule has 2 aromatic rings. The maximum Gasteiger partial charge on any atom is 0.407 e. The quantitative estimate of drug-likeness (QED) is 0.620. The molecular formula is C24H35BrN6O4. The Morgan fingerprint density at radius 1 is 1.20 bits per heavy atom. The summed E-state index contributed by atoms with van der Waals surface area (Å²) < 4.78 is 15.4. The molecule has 1 aliphatic carbocycles. The first-order valence-corrected chi connectivity index (χ1v) is 13.4. The van der Waals surface area contributed by atoms with Crippen LogP contribution in [0.5, 0.6) is 0 Å². The molecule has 6 rings (SSSR count). The van der Waals surface area contributed by atoms with Crippen LogP contribution in [0.4, 0.5) is 10.7 Å². The zero-order valence-electron chi connectivity index (χ0n) is 20.9. The molecule has 35 heavy (non-hydrogen) atoms. The van der Waals surface area contributed by atoms with E-state index in [-0.39, 0.29) is 29.8 Å². The summed E-state index contributed by atoms with van der Waals surface area (Å²) in [7, 11) is 1.77. The molecule has 2 bridgehead atoms. The lowest BCUT2D eigenvalue weighted by atomic mass is 9.80. The number of aromatic nitrogens is 4. The molecular weight excluding hydrogens is 516 g/mol. The van der Waals surface area contributed by atoms with E-state index in [0.717, 1.165) is 51.6 Å². The van der Waals surface area contributed by atoms with Crippen molar-refractivity contribution in [1.82, 2.24) is 24.6 Å². The predicted molar refractivity (Wildman–Crippen MR) is 136 cm³/mol. The Morgan fingerprint density at radius 2 is 2.00 bits per heavy atom. The minimum absolute atomic E-state index is 0.0460. The third kappa shape index (κ3) is 4.94. The number of amides is 1. The number of fused-ring (bicyclic) bond motifs is 5. The highest BCUT2D eigenvalue weighted by Gasteiger charge is 2.39. The molecule has 4 fully saturated rings. The minimum atomic E-state index is -0.531. The minimum Gasteiger partial charge on any atom is -0.444 e. The molecule has 0 radical (unpaired) electrons. The van der Waals surface area contributed by atoms with Gasteiger partial charge in [-0.1, -0.05) is 0 Å². The standard InChI is InChI=1S/C24H35BrN6O4/c1-24(2,3)35-23(33)26-16-11-14-8-9-15(16)13-30(12-14)22-27-20-18(21(32)29(22)4)19(25)28-31(20)17-7-5-6-10-34-17/h14-17H,5-13H2,1-4H3,(H,26,33)/t14-,15-,16-,17?/m1/s1. The molecule has 11 heteroatoms. The molecule has 5 heterocycles. The van der Waals surface area contributed by atoms with Crippen LogP contribution in [0.2, 0.25) is 0 Å². The number of ether oxygens (including phenoxy) is 2. The van der Waals surface area contributed by atoms with Crippen LogP contribution in [0.3, 0.4) is 0 Å². The van der Waals surface area contributed by atoms with E-state index in [9.17, 15) is 9.59 Å². The first kappa shape index (κ1) is 24.5. The lowest BCUT2D eigenvalue weighted by molar-refractivity contribution is -0.0371. The zero-order chi connectivity index (χ0) is 24.9. The van der Waals surface area contributed by atoms with Crippen LogP contribution in [0.15, 0.2) is 9.40 Å². The number of carbonyl (C=O) groups is 1. The Bertz CT molecular complexity index is 1170. The Morgan fingerprint density at radius 3 is 2.71 bits per heavy atom. The number of hydrogen-bond donors (Lipinski definition) is 1. The van der Waals surface area contributed by atoms with Gasteiger partial charge in [0.1, 0.15) is 15.6 Å².